The molecule has 0 bridgehead atoms. The van der Waals surface area contributed by atoms with Crippen LogP contribution < -0.4 is 5.73 Å². The first-order valence-corrected chi connectivity index (χ1v) is 5.56. The fourth-order valence-corrected chi connectivity index (χ4v) is 1.77. The van der Waals surface area contributed by atoms with Crippen molar-refractivity contribution in [2.45, 2.75) is 19.9 Å². The van der Waals surface area contributed by atoms with Crippen molar-refractivity contribution in [3.8, 4) is 6.07 Å². The van der Waals surface area contributed by atoms with E-state index in [2.05, 4.69) is 0 Å². The van der Waals surface area contributed by atoms with Crippen molar-refractivity contribution in [3.63, 3.8) is 0 Å². The molecule has 2 atom stereocenters. The summed E-state index contributed by atoms with van der Waals surface area (Å²) >= 11 is 0. The molecular formula is C11H17N3O3. The SMILES string of the molecule is CC(C)C(C#N)C(=O)N1CCOCC1C(N)=O. The molecule has 2 unspecified atom stereocenters. The van der Waals surface area contributed by atoms with Gasteiger partial charge in [-0.05, 0) is 5.92 Å². The Morgan fingerprint density at radius 1 is 1.53 bits per heavy atom. The van der Waals surface area contributed by atoms with Gasteiger partial charge in [0.1, 0.15) is 12.0 Å². The third-order valence-electron chi connectivity index (χ3n) is 2.81. The van der Waals surface area contributed by atoms with E-state index in [1.54, 1.807) is 13.8 Å². The summed E-state index contributed by atoms with van der Waals surface area (Å²) in [6.07, 6.45) is 0. The van der Waals surface area contributed by atoms with Crippen LogP contribution in [0.3, 0.4) is 0 Å². The van der Waals surface area contributed by atoms with Gasteiger partial charge in [0.25, 0.3) is 0 Å². The second-order valence-corrected chi connectivity index (χ2v) is 4.38. The molecule has 1 aliphatic heterocycles. The summed E-state index contributed by atoms with van der Waals surface area (Å²) in [6, 6.07) is 1.22. The Balaban J connectivity index is 2.85. The van der Waals surface area contributed by atoms with E-state index in [0.29, 0.717) is 13.2 Å². The molecule has 17 heavy (non-hydrogen) atoms. The van der Waals surface area contributed by atoms with Gasteiger partial charge in [0.15, 0.2) is 0 Å². The first-order valence-electron chi connectivity index (χ1n) is 5.56. The molecule has 6 nitrogen and oxygen atoms in total. The van der Waals surface area contributed by atoms with Gasteiger partial charge in [-0.1, -0.05) is 13.8 Å². The summed E-state index contributed by atoms with van der Waals surface area (Å²) in [6.45, 7) is 4.37. The van der Waals surface area contributed by atoms with Crippen molar-refractivity contribution in [1.82, 2.24) is 4.90 Å². The zero-order chi connectivity index (χ0) is 13.0. The van der Waals surface area contributed by atoms with Crippen molar-refractivity contribution in [3.05, 3.63) is 0 Å². The largest absolute Gasteiger partial charge is 0.377 e. The monoisotopic (exact) mass is 239 g/mol. The number of hydrogen-bond donors (Lipinski definition) is 1. The highest BCUT2D eigenvalue weighted by Gasteiger charge is 2.36. The predicted molar refractivity (Wildman–Crippen MR) is 59.5 cm³/mol. The Hall–Kier alpha value is -1.61. The number of morpholine rings is 1. The van der Waals surface area contributed by atoms with Crippen molar-refractivity contribution >= 4 is 11.8 Å². The van der Waals surface area contributed by atoms with Crippen LogP contribution in [-0.2, 0) is 14.3 Å². The molecule has 0 spiro atoms. The summed E-state index contributed by atoms with van der Waals surface area (Å²) in [7, 11) is 0. The highest BCUT2D eigenvalue weighted by atomic mass is 16.5. The average Bonchev–Trinajstić information content (AvgIpc) is 2.29. The van der Waals surface area contributed by atoms with Crippen molar-refractivity contribution in [2.75, 3.05) is 19.8 Å². The lowest BCUT2D eigenvalue weighted by Gasteiger charge is -2.35. The molecule has 1 aliphatic rings. The molecule has 0 aromatic rings. The summed E-state index contributed by atoms with van der Waals surface area (Å²) in [5.41, 5.74) is 5.22. The number of hydrogen-bond acceptors (Lipinski definition) is 4. The normalized spacial score (nSPS) is 22.0. The van der Waals surface area contributed by atoms with Crippen LogP contribution in [0.15, 0.2) is 0 Å². The second-order valence-electron chi connectivity index (χ2n) is 4.38. The van der Waals surface area contributed by atoms with Gasteiger partial charge >= 0.3 is 0 Å². The fraction of sp³-hybridized carbons (Fsp3) is 0.727. The van der Waals surface area contributed by atoms with E-state index in [9.17, 15) is 9.59 Å². The zero-order valence-electron chi connectivity index (χ0n) is 10.0. The molecule has 0 aromatic heterocycles. The first-order chi connectivity index (χ1) is 7.99. The number of carbonyl (C=O) groups excluding carboxylic acids is 2. The van der Waals surface area contributed by atoms with Gasteiger partial charge in [0, 0.05) is 6.54 Å². The number of nitrogens with zero attached hydrogens (tertiary/aromatic N) is 2. The molecule has 1 saturated heterocycles. The number of amides is 2. The molecule has 1 fully saturated rings. The quantitative estimate of drug-likeness (QED) is 0.717. The van der Waals surface area contributed by atoms with E-state index < -0.39 is 17.9 Å². The number of carbonyl (C=O) groups is 2. The van der Waals surface area contributed by atoms with Gasteiger partial charge < -0.3 is 15.4 Å². The second kappa shape index (κ2) is 5.64. The van der Waals surface area contributed by atoms with Crippen LogP contribution in [0.25, 0.3) is 0 Å². The van der Waals surface area contributed by atoms with Crippen LogP contribution in [0.2, 0.25) is 0 Å². The Kier molecular flexibility index (Phi) is 4.46. The Bertz CT molecular complexity index is 348. The van der Waals surface area contributed by atoms with Gasteiger partial charge in [0.05, 0.1) is 19.3 Å². The molecule has 0 saturated carbocycles. The van der Waals surface area contributed by atoms with E-state index in [1.807, 2.05) is 6.07 Å². The molecule has 1 heterocycles. The summed E-state index contributed by atoms with van der Waals surface area (Å²) < 4.78 is 5.12. The van der Waals surface area contributed by atoms with Crippen molar-refractivity contribution < 1.29 is 14.3 Å². The smallest absolute Gasteiger partial charge is 0.242 e. The minimum absolute atomic E-state index is 0.0936. The van der Waals surface area contributed by atoms with Gasteiger partial charge in [-0.2, -0.15) is 5.26 Å². The van der Waals surface area contributed by atoms with E-state index in [4.69, 9.17) is 15.7 Å². The standard InChI is InChI=1S/C11H17N3O3/c1-7(2)8(5-12)11(16)14-3-4-17-6-9(14)10(13)15/h7-9H,3-4,6H2,1-2H3,(H2,13,15). The maximum atomic E-state index is 12.1. The molecule has 6 heteroatoms. The summed E-state index contributed by atoms with van der Waals surface area (Å²) in [4.78, 5) is 24.7. The topological polar surface area (TPSA) is 96.4 Å². The molecule has 0 radical (unpaired) electrons. The lowest BCUT2D eigenvalue weighted by Crippen LogP contribution is -2.56. The molecule has 0 aromatic carbocycles. The van der Waals surface area contributed by atoms with Gasteiger partial charge in [-0.25, -0.2) is 0 Å². The van der Waals surface area contributed by atoms with Gasteiger partial charge in [-0.15, -0.1) is 0 Å². The van der Waals surface area contributed by atoms with E-state index >= 15 is 0 Å². The van der Waals surface area contributed by atoms with Crippen LogP contribution in [0.1, 0.15) is 13.8 Å². The highest BCUT2D eigenvalue weighted by molar-refractivity contribution is 5.89. The highest BCUT2D eigenvalue weighted by Crippen LogP contribution is 2.17. The van der Waals surface area contributed by atoms with Crippen LogP contribution in [-0.4, -0.2) is 42.5 Å². The van der Waals surface area contributed by atoms with Gasteiger partial charge in [0.2, 0.25) is 11.8 Å². The third-order valence-corrected chi connectivity index (χ3v) is 2.81. The number of nitriles is 1. The van der Waals surface area contributed by atoms with Crippen molar-refractivity contribution in [1.29, 1.82) is 5.26 Å². The molecule has 94 valence electrons. The maximum Gasteiger partial charge on any atom is 0.242 e. The molecule has 1 rings (SSSR count). The zero-order valence-corrected chi connectivity index (χ0v) is 10.0. The number of primary amides is 1. The minimum Gasteiger partial charge on any atom is -0.377 e. The Morgan fingerprint density at radius 3 is 2.65 bits per heavy atom. The lowest BCUT2D eigenvalue weighted by molar-refractivity contribution is -0.149. The number of rotatable bonds is 3. The van der Waals surface area contributed by atoms with E-state index in [-0.39, 0.29) is 18.4 Å². The maximum absolute atomic E-state index is 12.1. The summed E-state index contributed by atoms with van der Waals surface area (Å²) in [5.74, 6) is -1.77. The Labute approximate surface area is 100 Å². The minimum atomic E-state index is -0.758. The predicted octanol–water partition coefficient (Wildman–Crippen LogP) is -0.505. The fourth-order valence-electron chi connectivity index (χ4n) is 1.77. The van der Waals surface area contributed by atoms with Crippen LogP contribution in [0, 0.1) is 23.2 Å². The van der Waals surface area contributed by atoms with Gasteiger partial charge in [-0.3, -0.25) is 9.59 Å². The lowest BCUT2D eigenvalue weighted by atomic mass is 9.95. The number of ether oxygens (including phenoxy) is 1. The third kappa shape index (κ3) is 2.94. The molecule has 2 amide bonds. The molecular weight excluding hydrogens is 222 g/mol. The molecule has 2 N–H and O–H groups in total. The Morgan fingerprint density at radius 2 is 2.18 bits per heavy atom. The van der Waals surface area contributed by atoms with Crippen molar-refractivity contribution in [2.24, 2.45) is 17.6 Å². The first kappa shape index (κ1) is 13.5. The van der Waals surface area contributed by atoms with E-state index in [0.717, 1.165) is 0 Å². The van der Waals surface area contributed by atoms with Crippen LogP contribution >= 0.6 is 0 Å². The number of nitrogens with two attached hydrogens (primary N) is 1. The summed E-state index contributed by atoms with van der Waals surface area (Å²) in [5, 5.41) is 8.98. The van der Waals surface area contributed by atoms with Crippen LogP contribution in [0.5, 0.6) is 0 Å². The average molecular weight is 239 g/mol. The van der Waals surface area contributed by atoms with E-state index in [1.165, 1.54) is 4.90 Å². The molecule has 0 aliphatic carbocycles. The van der Waals surface area contributed by atoms with Crippen LogP contribution in [0.4, 0.5) is 0 Å².